The predicted octanol–water partition coefficient (Wildman–Crippen LogP) is 7.58. The lowest BCUT2D eigenvalue weighted by Gasteiger charge is -2.28. The number of anilines is 2. The Kier molecular flexibility index (Phi) is 7.57. The molecule has 1 aromatic heterocycles. The van der Waals surface area contributed by atoms with Crippen molar-refractivity contribution in [3.05, 3.63) is 107 Å². The largest absolute Gasteiger partial charge is 0.343 e. The Morgan fingerprint density at radius 2 is 1.67 bits per heavy atom. The third kappa shape index (κ3) is 6.83. The van der Waals surface area contributed by atoms with Crippen molar-refractivity contribution in [2.45, 2.75) is 70.6 Å². The first-order chi connectivity index (χ1) is 19.1. The monoisotopic (exact) mass is 518 g/mol. The van der Waals surface area contributed by atoms with Gasteiger partial charge in [0.25, 0.3) is 0 Å². The standard InChI is InChI=1S/C34H38N4O/c1-23-7-16-30(19-23)35-33-22-31(27-12-8-25(9-13-27)20-24-5-3-2-4-6-24)37-32(38-33)21-26-10-17-29(18-11-26)36-34(39)28-14-15-28/h2-7,10-11,17-19,22,25,27-28H,8-9,12-16,20-21H2,1H3,(H,36,39)(H,35,37,38). The van der Waals surface area contributed by atoms with E-state index in [1.807, 2.05) is 12.1 Å². The smallest absolute Gasteiger partial charge is 0.227 e. The molecule has 1 heterocycles. The highest BCUT2D eigenvalue weighted by molar-refractivity contribution is 5.94. The van der Waals surface area contributed by atoms with Gasteiger partial charge >= 0.3 is 0 Å². The number of hydrogen-bond donors (Lipinski definition) is 2. The lowest BCUT2D eigenvalue weighted by Crippen LogP contribution is -2.17. The van der Waals surface area contributed by atoms with Crippen LogP contribution in [0.2, 0.25) is 0 Å². The van der Waals surface area contributed by atoms with Crippen LogP contribution in [0.4, 0.5) is 11.5 Å². The molecule has 2 fully saturated rings. The topological polar surface area (TPSA) is 66.9 Å². The first-order valence-electron chi connectivity index (χ1n) is 14.5. The average molecular weight is 519 g/mol. The van der Waals surface area contributed by atoms with Crippen molar-refractivity contribution < 1.29 is 4.79 Å². The number of nitrogens with one attached hydrogen (secondary N) is 2. The van der Waals surface area contributed by atoms with Gasteiger partial charge in [0, 0.05) is 47.8 Å². The number of allylic oxidation sites excluding steroid dienone is 3. The van der Waals surface area contributed by atoms with Crippen LogP contribution in [0.3, 0.4) is 0 Å². The van der Waals surface area contributed by atoms with Crippen LogP contribution in [-0.2, 0) is 17.6 Å². The Labute approximate surface area is 231 Å². The van der Waals surface area contributed by atoms with Gasteiger partial charge in [0.1, 0.15) is 11.6 Å². The van der Waals surface area contributed by atoms with Gasteiger partial charge < -0.3 is 10.6 Å². The minimum Gasteiger partial charge on any atom is -0.343 e. The Balaban J connectivity index is 1.16. The van der Waals surface area contributed by atoms with Crippen LogP contribution in [0.25, 0.3) is 0 Å². The summed E-state index contributed by atoms with van der Waals surface area (Å²) in [5, 5.41) is 6.60. The molecule has 39 heavy (non-hydrogen) atoms. The second-order valence-electron chi connectivity index (χ2n) is 11.6. The molecule has 5 heteroatoms. The van der Waals surface area contributed by atoms with Crippen molar-refractivity contribution in [1.29, 1.82) is 0 Å². The molecule has 0 bridgehead atoms. The fourth-order valence-electron chi connectivity index (χ4n) is 5.87. The minimum absolute atomic E-state index is 0.138. The maximum Gasteiger partial charge on any atom is 0.227 e. The van der Waals surface area contributed by atoms with E-state index in [9.17, 15) is 4.79 Å². The molecule has 5 nitrogen and oxygen atoms in total. The summed E-state index contributed by atoms with van der Waals surface area (Å²) in [6.07, 6.45) is 14.0. The zero-order chi connectivity index (χ0) is 26.6. The van der Waals surface area contributed by atoms with Gasteiger partial charge in [-0.1, -0.05) is 54.1 Å². The fraction of sp³-hybridized carbons (Fsp3) is 0.382. The maximum absolute atomic E-state index is 12.1. The first kappa shape index (κ1) is 25.5. The molecule has 2 saturated carbocycles. The molecule has 0 radical (unpaired) electrons. The Bertz CT molecular complexity index is 1360. The lowest BCUT2D eigenvalue weighted by atomic mass is 9.78. The molecule has 2 aromatic carbocycles. The van der Waals surface area contributed by atoms with Crippen LogP contribution < -0.4 is 10.6 Å². The molecule has 3 aliphatic rings. The van der Waals surface area contributed by atoms with Gasteiger partial charge in [-0.05, 0) is 87.1 Å². The third-order valence-electron chi connectivity index (χ3n) is 8.29. The number of nitrogens with zero attached hydrogens (tertiary/aromatic N) is 2. The Morgan fingerprint density at radius 1 is 0.897 bits per heavy atom. The van der Waals surface area contributed by atoms with Crippen molar-refractivity contribution in [2.75, 3.05) is 10.6 Å². The number of carbonyl (C=O) groups is 1. The summed E-state index contributed by atoms with van der Waals surface area (Å²) in [6.45, 7) is 2.14. The number of hydrogen-bond acceptors (Lipinski definition) is 4. The zero-order valence-electron chi connectivity index (χ0n) is 22.8. The highest BCUT2D eigenvalue weighted by Gasteiger charge is 2.29. The predicted molar refractivity (Wildman–Crippen MR) is 158 cm³/mol. The second kappa shape index (κ2) is 11.6. The summed E-state index contributed by atoms with van der Waals surface area (Å²) in [5.74, 6) is 3.30. The van der Waals surface area contributed by atoms with Crippen molar-refractivity contribution in [3.8, 4) is 0 Å². The SMILES string of the molecule is CC1=CCC(Nc2cc(C3CCC(Cc4ccccc4)CC3)nc(Cc3ccc(NC(=O)C4CC4)cc3)n2)=C1. The van der Waals surface area contributed by atoms with E-state index in [-0.39, 0.29) is 11.8 Å². The van der Waals surface area contributed by atoms with Crippen LogP contribution >= 0.6 is 0 Å². The minimum atomic E-state index is 0.138. The van der Waals surface area contributed by atoms with Crippen molar-refractivity contribution >= 4 is 17.4 Å². The molecule has 2 N–H and O–H groups in total. The summed E-state index contributed by atoms with van der Waals surface area (Å²) in [6, 6.07) is 21.2. The molecule has 0 aliphatic heterocycles. The first-order valence-corrected chi connectivity index (χ1v) is 14.5. The van der Waals surface area contributed by atoms with E-state index in [0.717, 1.165) is 53.8 Å². The molecule has 0 atom stereocenters. The van der Waals surface area contributed by atoms with E-state index in [2.05, 4.69) is 78.2 Å². The van der Waals surface area contributed by atoms with E-state index in [0.29, 0.717) is 12.3 Å². The molecule has 200 valence electrons. The zero-order valence-corrected chi connectivity index (χ0v) is 22.8. The third-order valence-corrected chi connectivity index (χ3v) is 8.29. The van der Waals surface area contributed by atoms with Crippen LogP contribution in [0.15, 0.2) is 84.1 Å². The molecule has 1 amide bonds. The van der Waals surface area contributed by atoms with E-state index in [1.165, 1.54) is 48.9 Å². The molecule has 0 unspecified atom stereocenters. The number of amides is 1. The van der Waals surface area contributed by atoms with Crippen LogP contribution in [0.5, 0.6) is 0 Å². The van der Waals surface area contributed by atoms with Crippen LogP contribution in [0, 0.1) is 11.8 Å². The van der Waals surface area contributed by atoms with Gasteiger partial charge in [0.05, 0.1) is 0 Å². The molecule has 6 rings (SSSR count). The van der Waals surface area contributed by atoms with Gasteiger partial charge in [-0.25, -0.2) is 9.97 Å². The van der Waals surface area contributed by atoms with E-state index in [1.54, 1.807) is 0 Å². The summed E-state index contributed by atoms with van der Waals surface area (Å²) < 4.78 is 0. The van der Waals surface area contributed by atoms with Gasteiger partial charge in [-0.3, -0.25) is 4.79 Å². The summed E-state index contributed by atoms with van der Waals surface area (Å²) in [4.78, 5) is 22.1. The Morgan fingerprint density at radius 3 is 2.36 bits per heavy atom. The van der Waals surface area contributed by atoms with Crippen LogP contribution in [-0.4, -0.2) is 15.9 Å². The summed E-state index contributed by atoms with van der Waals surface area (Å²) >= 11 is 0. The van der Waals surface area contributed by atoms with Gasteiger partial charge in [-0.15, -0.1) is 0 Å². The normalized spacial score (nSPS) is 20.7. The number of rotatable bonds is 9. The average Bonchev–Trinajstić information content (AvgIpc) is 3.73. The van der Waals surface area contributed by atoms with Gasteiger partial charge in [0.15, 0.2) is 0 Å². The second-order valence-corrected chi connectivity index (χ2v) is 11.6. The summed E-state index contributed by atoms with van der Waals surface area (Å²) in [5.41, 5.74) is 7.09. The molecule has 3 aromatic rings. The van der Waals surface area contributed by atoms with E-state index in [4.69, 9.17) is 9.97 Å². The lowest BCUT2D eigenvalue weighted by molar-refractivity contribution is -0.117. The van der Waals surface area contributed by atoms with Gasteiger partial charge in [0.2, 0.25) is 5.91 Å². The van der Waals surface area contributed by atoms with Crippen molar-refractivity contribution in [3.63, 3.8) is 0 Å². The van der Waals surface area contributed by atoms with Crippen molar-refractivity contribution in [2.24, 2.45) is 11.8 Å². The Hall–Kier alpha value is -3.73. The highest BCUT2D eigenvalue weighted by Crippen LogP contribution is 2.37. The molecular formula is C34H38N4O. The molecule has 3 aliphatic carbocycles. The molecule has 0 saturated heterocycles. The van der Waals surface area contributed by atoms with E-state index < -0.39 is 0 Å². The quantitative estimate of drug-likeness (QED) is 0.306. The number of aromatic nitrogens is 2. The van der Waals surface area contributed by atoms with Gasteiger partial charge in [-0.2, -0.15) is 0 Å². The summed E-state index contributed by atoms with van der Waals surface area (Å²) in [7, 11) is 0. The van der Waals surface area contributed by atoms with E-state index >= 15 is 0 Å². The molecular weight excluding hydrogens is 480 g/mol. The highest BCUT2D eigenvalue weighted by atomic mass is 16.2. The number of benzene rings is 2. The maximum atomic E-state index is 12.1. The van der Waals surface area contributed by atoms with Crippen molar-refractivity contribution in [1.82, 2.24) is 9.97 Å². The fourth-order valence-corrected chi connectivity index (χ4v) is 5.87. The molecule has 0 spiro atoms. The number of carbonyl (C=O) groups excluding carboxylic acids is 1. The van der Waals surface area contributed by atoms with Crippen LogP contribution in [0.1, 0.15) is 80.4 Å².